The van der Waals surface area contributed by atoms with Crippen molar-refractivity contribution in [1.29, 1.82) is 0 Å². The molecule has 0 radical (unpaired) electrons. The molecule has 0 aliphatic heterocycles. The fraction of sp³-hybridized carbons (Fsp3) is 1.00. The van der Waals surface area contributed by atoms with Gasteiger partial charge in [-0.1, -0.05) is 34.1 Å². The molecule has 2 nitrogen and oxygen atoms in total. The van der Waals surface area contributed by atoms with Gasteiger partial charge in [-0.05, 0) is 37.0 Å². The maximum Gasteiger partial charge on any atom is 0.0669 e. The van der Waals surface area contributed by atoms with E-state index >= 15 is 0 Å². The minimum Gasteiger partial charge on any atom is -0.392 e. The third-order valence-electron chi connectivity index (χ3n) is 3.25. The van der Waals surface area contributed by atoms with E-state index in [2.05, 4.69) is 33.0 Å². The Hall–Kier alpha value is -0.0800. The van der Waals surface area contributed by atoms with E-state index in [9.17, 15) is 5.11 Å². The highest BCUT2D eigenvalue weighted by atomic mass is 16.3. The Morgan fingerprint density at radius 1 is 1.31 bits per heavy atom. The third-order valence-corrected chi connectivity index (χ3v) is 3.25. The van der Waals surface area contributed by atoms with Crippen molar-refractivity contribution in [3.8, 4) is 0 Å². The van der Waals surface area contributed by atoms with Gasteiger partial charge >= 0.3 is 0 Å². The van der Waals surface area contributed by atoms with Crippen LogP contribution in [0.2, 0.25) is 0 Å². The van der Waals surface area contributed by atoms with E-state index in [1.165, 1.54) is 25.7 Å². The summed E-state index contributed by atoms with van der Waals surface area (Å²) in [6.45, 7) is 9.54. The zero-order valence-electron chi connectivity index (χ0n) is 11.4. The molecule has 0 aromatic carbocycles. The van der Waals surface area contributed by atoms with Gasteiger partial charge in [0, 0.05) is 12.6 Å². The van der Waals surface area contributed by atoms with Crippen molar-refractivity contribution in [2.24, 2.45) is 11.3 Å². The molecule has 16 heavy (non-hydrogen) atoms. The van der Waals surface area contributed by atoms with Crippen LogP contribution in [0.25, 0.3) is 0 Å². The predicted molar refractivity (Wildman–Crippen MR) is 69.5 cm³/mol. The first-order valence-electron chi connectivity index (χ1n) is 6.84. The van der Waals surface area contributed by atoms with E-state index in [1.807, 2.05) is 0 Å². The van der Waals surface area contributed by atoms with Crippen LogP contribution < -0.4 is 5.32 Å². The highest BCUT2D eigenvalue weighted by Gasteiger charge is 2.30. The first-order chi connectivity index (χ1) is 7.42. The maximum absolute atomic E-state index is 9.94. The van der Waals surface area contributed by atoms with E-state index in [0.717, 1.165) is 18.9 Å². The molecule has 0 heterocycles. The molecule has 2 atom stereocenters. The van der Waals surface area contributed by atoms with E-state index < -0.39 is 0 Å². The zero-order chi connectivity index (χ0) is 12.2. The summed E-state index contributed by atoms with van der Waals surface area (Å²) in [7, 11) is 0. The second-order valence-corrected chi connectivity index (χ2v) is 6.56. The molecule has 0 aromatic rings. The van der Waals surface area contributed by atoms with Gasteiger partial charge in [0.1, 0.15) is 0 Å². The zero-order valence-corrected chi connectivity index (χ0v) is 11.4. The normalized spacial score (nSPS) is 20.8. The van der Waals surface area contributed by atoms with Gasteiger partial charge in [-0.3, -0.25) is 0 Å². The van der Waals surface area contributed by atoms with Crippen molar-refractivity contribution in [2.45, 2.75) is 71.9 Å². The van der Waals surface area contributed by atoms with Gasteiger partial charge in [0.25, 0.3) is 0 Å². The Bertz CT molecular complexity index is 193. The van der Waals surface area contributed by atoms with Crippen molar-refractivity contribution in [3.63, 3.8) is 0 Å². The second-order valence-electron chi connectivity index (χ2n) is 6.56. The monoisotopic (exact) mass is 227 g/mol. The van der Waals surface area contributed by atoms with Crippen LogP contribution in [0.5, 0.6) is 0 Å². The van der Waals surface area contributed by atoms with Crippen LogP contribution in [0.1, 0.15) is 59.8 Å². The van der Waals surface area contributed by atoms with Crippen molar-refractivity contribution in [3.05, 3.63) is 0 Å². The van der Waals surface area contributed by atoms with Gasteiger partial charge < -0.3 is 10.4 Å². The minimum absolute atomic E-state index is 0.196. The molecule has 2 N–H and O–H groups in total. The quantitative estimate of drug-likeness (QED) is 0.701. The minimum atomic E-state index is -0.196. The molecule has 1 aliphatic carbocycles. The molecule has 0 bridgehead atoms. The molecule has 1 aliphatic rings. The Balaban J connectivity index is 2.20. The van der Waals surface area contributed by atoms with Gasteiger partial charge in [-0.25, -0.2) is 0 Å². The lowest BCUT2D eigenvalue weighted by Gasteiger charge is -2.25. The Labute approximate surface area is 101 Å². The molecule has 2 heteroatoms. The predicted octanol–water partition coefficient (Wildman–Crippen LogP) is 2.95. The van der Waals surface area contributed by atoms with Gasteiger partial charge in [0.2, 0.25) is 0 Å². The van der Waals surface area contributed by atoms with E-state index in [1.54, 1.807) is 0 Å². The van der Waals surface area contributed by atoms with E-state index in [-0.39, 0.29) is 11.5 Å². The molecular weight excluding hydrogens is 198 g/mol. The summed E-state index contributed by atoms with van der Waals surface area (Å²) < 4.78 is 0. The fourth-order valence-electron chi connectivity index (χ4n) is 2.38. The second kappa shape index (κ2) is 6.02. The SMILES string of the molecule is CCCC(NCC(O)CC(C)(C)C)C1CC1. The van der Waals surface area contributed by atoms with Crippen LogP contribution in [0.15, 0.2) is 0 Å². The lowest BCUT2D eigenvalue weighted by molar-refractivity contribution is 0.115. The number of aliphatic hydroxyl groups is 1. The number of hydrogen-bond donors (Lipinski definition) is 2. The standard InChI is InChI=1S/C14H29NO/c1-5-6-13(11-7-8-11)15-10-12(16)9-14(2,3)4/h11-13,15-16H,5-10H2,1-4H3. The molecular formula is C14H29NO. The van der Waals surface area contributed by atoms with Gasteiger partial charge in [-0.2, -0.15) is 0 Å². The van der Waals surface area contributed by atoms with Crippen molar-refractivity contribution >= 4 is 0 Å². The molecule has 0 saturated heterocycles. The summed E-state index contributed by atoms with van der Waals surface area (Å²) in [4.78, 5) is 0. The fourth-order valence-corrected chi connectivity index (χ4v) is 2.38. The summed E-state index contributed by atoms with van der Waals surface area (Å²) >= 11 is 0. The third kappa shape index (κ3) is 5.86. The molecule has 1 saturated carbocycles. The van der Waals surface area contributed by atoms with Gasteiger partial charge in [0.15, 0.2) is 0 Å². The van der Waals surface area contributed by atoms with Crippen molar-refractivity contribution in [1.82, 2.24) is 5.32 Å². The van der Waals surface area contributed by atoms with Crippen LogP contribution >= 0.6 is 0 Å². The lowest BCUT2D eigenvalue weighted by Crippen LogP contribution is -2.38. The summed E-state index contributed by atoms with van der Waals surface area (Å²) in [6, 6.07) is 0.652. The first kappa shape index (κ1) is 14.0. The highest BCUT2D eigenvalue weighted by molar-refractivity contribution is 4.86. The molecule has 1 fully saturated rings. The van der Waals surface area contributed by atoms with Crippen LogP contribution in [0.3, 0.4) is 0 Å². The van der Waals surface area contributed by atoms with Crippen molar-refractivity contribution < 1.29 is 5.11 Å². The molecule has 0 amide bonds. The smallest absolute Gasteiger partial charge is 0.0669 e. The van der Waals surface area contributed by atoms with Crippen LogP contribution in [-0.4, -0.2) is 23.8 Å². The molecule has 0 aromatic heterocycles. The molecule has 1 rings (SSSR count). The Kier molecular flexibility index (Phi) is 5.26. The lowest BCUT2D eigenvalue weighted by atomic mass is 9.89. The number of aliphatic hydroxyl groups excluding tert-OH is 1. The average molecular weight is 227 g/mol. The van der Waals surface area contributed by atoms with Crippen LogP contribution in [0.4, 0.5) is 0 Å². The number of hydrogen-bond acceptors (Lipinski definition) is 2. The topological polar surface area (TPSA) is 32.3 Å². The Morgan fingerprint density at radius 2 is 1.94 bits per heavy atom. The molecule has 2 unspecified atom stereocenters. The molecule has 96 valence electrons. The average Bonchev–Trinajstić information content (AvgIpc) is 2.92. The summed E-state index contributed by atoms with van der Waals surface area (Å²) in [5.74, 6) is 0.891. The Morgan fingerprint density at radius 3 is 2.38 bits per heavy atom. The molecule has 0 spiro atoms. The first-order valence-corrected chi connectivity index (χ1v) is 6.84. The van der Waals surface area contributed by atoms with Crippen LogP contribution in [0, 0.1) is 11.3 Å². The van der Waals surface area contributed by atoms with Gasteiger partial charge in [-0.15, -0.1) is 0 Å². The van der Waals surface area contributed by atoms with E-state index in [0.29, 0.717) is 6.04 Å². The largest absolute Gasteiger partial charge is 0.392 e. The van der Waals surface area contributed by atoms with Gasteiger partial charge in [0.05, 0.1) is 6.10 Å². The van der Waals surface area contributed by atoms with Crippen LogP contribution in [-0.2, 0) is 0 Å². The maximum atomic E-state index is 9.94. The van der Waals surface area contributed by atoms with Crippen molar-refractivity contribution in [2.75, 3.05) is 6.54 Å². The summed E-state index contributed by atoms with van der Waals surface area (Å²) in [5, 5.41) is 13.5. The number of rotatable bonds is 7. The summed E-state index contributed by atoms with van der Waals surface area (Å²) in [6.07, 6.45) is 5.94. The summed E-state index contributed by atoms with van der Waals surface area (Å²) in [5.41, 5.74) is 0.223. The van der Waals surface area contributed by atoms with E-state index in [4.69, 9.17) is 0 Å². The number of nitrogens with one attached hydrogen (secondary N) is 1. The highest BCUT2D eigenvalue weighted by Crippen LogP contribution is 2.34.